The third-order valence-electron chi connectivity index (χ3n) is 9.68. The van der Waals surface area contributed by atoms with Gasteiger partial charge in [-0.15, -0.1) is 0 Å². The summed E-state index contributed by atoms with van der Waals surface area (Å²) < 4.78 is 12.0. The van der Waals surface area contributed by atoms with E-state index in [0.29, 0.717) is 38.3 Å². The smallest absolute Gasteiger partial charge is 0.410 e. The third-order valence-corrected chi connectivity index (χ3v) is 9.68. The third kappa shape index (κ3) is 5.66. The lowest BCUT2D eigenvalue weighted by atomic mass is 9.69. The number of benzene rings is 1. The lowest BCUT2D eigenvalue weighted by Crippen LogP contribution is -2.56. The number of likely N-dealkylation sites (N-methyl/N-ethyl adjacent to an activating group) is 1. The van der Waals surface area contributed by atoms with Gasteiger partial charge in [0.05, 0.1) is 24.2 Å². The van der Waals surface area contributed by atoms with Crippen LogP contribution in [0, 0.1) is 11.3 Å². The van der Waals surface area contributed by atoms with Gasteiger partial charge in [-0.2, -0.15) is 15.2 Å². The molecule has 1 aromatic carbocycles. The highest BCUT2D eigenvalue weighted by molar-refractivity contribution is 5.69. The molecule has 0 saturated carbocycles. The van der Waals surface area contributed by atoms with Crippen LogP contribution in [0.15, 0.2) is 24.3 Å². The highest BCUT2D eigenvalue weighted by Crippen LogP contribution is 2.48. The van der Waals surface area contributed by atoms with Gasteiger partial charge >= 0.3 is 12.1 Å². The molecule has 2 fully saturated rings. The molecule has 1 amide bonds. The van der Waals surface area contributed by atoms with Gasteiger partial charge in [-0.05, 0) is 90.4 Å². The van der Waals surface area contributed by atoms with Crippen LogP contribution in [0.25, 0.3) is 0 Å². The van der Waals surface area contributed by atoms with Crippen LogP contribution < -0.4 is 9.64 Å². The van der Waals surface area contributed by atoms with Crippen molar-refractivity contribution in [1.82, 2.24) is 19.8 Å². The number of carbonyl (C=O) groups excluding carboxylic acids is 1. The highest BCUT2D eigenvalue weighted by Gasteiger charge is 2.43. The molecule has 6 rings (SSSR count). The first kappa shape index (κ1) is 28.7. The number of nitrogens with zero attached hydrogens (tertiary/aromatic N) is 6. The first-order valence-corrected chi connectivity index (χ1v) is 15.6. The van der Waals surface area contributed by atoms with Crippen molar-refractivity contribution in [2.45, 2.75) is 95.2 Å². The maximum Gasteiger partial charge on any atom is 0.410 e. The number of hydrogen-bond acceptors (Lipinski definition) is 8. The Morgan fingerprint density at radius 2 is 1.93 bits per heavy atom. The number of ether oxygens (including phenoxy) is 2. The molecule has 2 aliphatic carbocycles. The van der Waals surface area contributed by atoms with E-state index < -0.39 is 5.60 Å². The summed E-state index contributed by atoms with van der Waals surface area (Å²) in [5.74, 6) is 0.905. The summed E-state index contributed by atoms with van der Waals surface area (Å²) in [6, 6.07) is 11.7. The molecule has 42 heavy (non-hydrogen) atoms. The number of likely N-dealkylation sites (tertiary alicyclic amines) is 1. The number of aromatic nitrogens is 2. The van der Waals surface area contributed by atoms with Gasteiger partial charge in [0, 0.05) is 36.7 Å². The Hall–Kier alpha value is -3.38. The summed E-state index contributed by atoms with van der Waals surface area (Å²) in [6.07, 6.45) is 7.30. The minimum absolute atomic E-state index is 0.108. The van der Waals surface area contributed by atoms with E-state index in [1.54, 1.807) is 4.90 Å². The van der Waals surface area contributed by atoms with Crippen molar-refractivity contribution in [3.63, 3.8) is 0 Å². The van der Waals surface area contributed by atoms with Crippen LogP contribution in [-0.2, 0) is 29.4 Å². The van der Waals surface area contributed by atoms with Gasteiger partial charge in [0.1, 0.15) is 18.0 Å². The molecule has 2 aliphatic heterocycles. The summed E-state index contributed by atoms with van der Waals surface area (Å²) in [5.41, 5.74) is 4.74. The molecular formula is C33H44N6O3. The Bertz CT molecular complexity index is 1370. The van der Waals surface area contributed by atoms with Crippen molar-refractivity contribution in [3.8, 4) is 12.1 Å². The highest BCUT2D eigenvalue weighted by atomic mass is 16.6. The van der Waals surface area contributed by atoms with Gasteiger partial charge in [-0.1, -0.05) is 24.3 Å². The van der Waals surface area contributed by atoms with Crippen molar-refractivity contribution < 1.29 is 14.3 Å². The SMILES string of the molecule is CN1CCC[C@H]1COc1nc2c(c(N3CCN(C(=O)OC(C)(C)C)[C@@H](CC#N)C3)n1)CCC1(CCc3ccccc31)C2. The number of rotatable bonds is 5. The minimum atomic E-state index is -0.592. The van der Waals surface area contributed by atoms with E-state index in [1.165, 1.54) is 23.1 Å². The molecule has 9 heteroatoms. The van der Waals surface area contributed by atoms with Crippen molar-refractivity contribution in [1.29, 1.82) is 5.26 Å². The quantitative estimate of drug-likeness (QED) is 0.511. The van der Waals surface area contributed by atoms with Crippen LogP contribution >= 0.6 is 0 Å². The Kier molecular flexibility index (Phi) is 7.77. The average molecular weight is 573 g/mol. The molecular weight excluding hydrogens is 528 g/mol. The average Bonchev–Trinajstić information content (AvgIpc) is 3.53. The zero-order valence-corrected chi connectivity index (χ0v) is 25.6. The zero-order chi connectivity index (χ0) is 29.5. The molecule has 3 heterocycles. The fraction of sp³-hybridized carbons (Fsp3) is 0.636. The van der Waals surface area contributed by atoms with Crippen LogP contribution in [0.1, 0.15) is 75.3 Å². The predicted octanol–water partition coefficient (Wildman–Crippen LogP) is 4.66. The molecule has 0 bridgehead atoms. The van der Waals surface area contributed by atoms with Crippen LogP contribution in [0.2, 0.25) is 0 Å². The maximum absolute atomic E-state index is 13.0. The lowest BCUT2D eigenvalue weighted by molar-refractivity contribution is 0.0144. The number of anilines is 1. The van der Waals surface area contributed by atoms with Crippen LogP contribution in [0.3, 0.4) is 0 Å². The van der Waals surface area contributed by atoms with E-state index in [-0.39, 0.29) is 24.0 Å². The van der Waals surface area contributed by atoms with E-state index in [4.69, 9.17) is 19.4 Å². The molecule has 2 aromatic rings. The second-order valence-corrected chi connectivity index (χ2v) is 13.6. The minimum Gasteiger partial charge on any atom is -0.462 e. The summed E-state index contributed by atoms with van der Waals surface area (Å²) in [4.78, 5) is 29.5. The topological polar surface area (TPSA) is 94.8 Å². The second-order valence-electron chi connectivity index (χ2n) is 13.6. The van der Waals surface area contributed by atoms with Crippen LogP contribution in [0.5, 0.6) is 6.01 Å². The lowest BCUT2D eigenvalue weighted by Gasteiger charge is -2.43. The standard InChI is InChI=1S/C33H44N6O3/c1-32(2,3)42-31(40)39-19-18-38(21-24(39)13-16-34)29-26-12-15-33(14-11-23-8-5-6-10-27(23)33)20-28(26)35-30(36-29)41-22-25-9-7-17-37(25)4/h5-6,8,10,24-25H,7,9,11-15,17-22H2,1-4H3/t24-,25-,33?/m0/s1. The number of aryl methyl sites for hydroxylation is 1. The number of carbonyl (C=O) groups is 1. The fourth-order valence-electron chi connectivity index (χ4n) is 7.45. The Morgan fingerprint density at radius 1 is 1.12 bits per heavy atom. The molecule has 4 aliphatic rings. The van der Waals surface area contributed by atoms with Gasteiger partial charge in [0.15, 0.2) is 0 Å². The number of fused-ring (bicyclic) bond motifs is 3. The summed E-state index contributed by atoms with van der Waals surface area (Å²) >= 11 is 0. The largest absolute Gasteiger partial charge is 0.462 e. The van der Waals surface area contributed by atoms with Gasteiger partial charge in [0.2, 0.25) is 0 Å². The number of amides is 1. The van der Waals surface area contributed by atoms with Crippen molar-refractivity contribution in [2.75, 3.05) is 44.7 Å². The first-order chi connectivity index (χ1) is 20.2. The molecule has 0 N–H and O–H groups in total. The van der Waals surface area contributed by atoms with E-state index in [2.05, 4.69) is 47.2 Å². The van der Waals surface area contributed by atoms with Crippen molar-refractivity contribution in [3.05, 3.63) is 46.6 Å². The monoisotopic (exact) mass is 572 g/mol. The molecule has 1 spiro atoms. The molecule has 0 radical (unpaired) electrons. The van der Waals surface area contributed by atoms with E-state index in [1.807, 2.05) is 20.8 Å². The molecule has 2 saturated heterocycles. The number of nitriles is 1. The van der Waals surface area contributed by atoms with Crippen LogP contribution in [-0.4, -0.2) is 83.4 Å². The normalized spacial score (nSPS) is 25.7. The second kappa shape index (κ2) is 11.4. The zero-order valence-electron chi connectivity index (χ0n) is 25.6. The number of hydrogen-bond donors (Lipinski definition) is 0. The van der Waals surface area contributed by atoms with E-state index in [0.717, 1.165) is 56.6 Å². The van der Waals surface area contributed by atoms with E-state index >= 15 is 0 Å². The van der Waals surface area contributed by atoms with Gasteiger partial charge in [-0.3, -0.25) is 0 Å². The van der Waals surface area contributed by atoms with Crippen LogP contribution in [0.4, 0.5) is 10.6 Å². The van der Waals surface area contributed by atoms with Crippen molar-refractivity contribution >= 4 is 11.9 Å². The van der Waals surface area contributed by atoms with Crippen molar-refractivity contribution in [2.24, 2.45) is 0 Å². The molecule has 1 aromatic heterocycles. The fourth-order valence-corrected chi connectivity index (χ4v) is 7.45. The summed E-state index contributed by atoms with van der Waals surface area (Å²) in [6.45, 7) is 8.88. The molecule has 224 valence electrons. The summed E-state index contributed by atoms with van der Waals surface area (Å²) in [5, 5.41) is 9.64. The van der Waals surface area contributed by atoms with E-state index in [9.17, 15) is 10.1 Å². The summed E-state index contributed by atoms with van der Waals surface area (Å²) in [7, 11) is 2.15. The molecule has 1 unspecified atom stereocenters. The molecule has 3 atom stereocenters. The Labute approximate surface area is 249 Å². The first-order valence-electron chi connectivity index (χ1n) is 15.6. The van der Waals surface area contributed by atoms with Gasteiger partial charge < -0.3 is 24.2 Å². The molecule has 9 nitrogen and oxygen atoms in total. The maximum atomic E-state index is 13.0. The van der Waals surface area contributed by atoms with Gasteiger partial charge in [0.25, 0.3) is 0 Å². The van der Waals surface area contributed by atoms with Gasteiger partial charge in [-0.25, -0.2) is 4.79 Å². The number of piperazine rings is 1. The Balaban J connectivity index is 1.30. The predicted molar refractivity (Wildman–Crippen MR) is 161 cm³/mol. The Morgan fingerprint density at radius 3 is 2.69 bits per heavy atom.